The van der Waals surface area contributed by atoms with E-state index in [0.717, 1.165) is 12.8 Å². The minimum absolute atomic E-state index is 0.123. The van der Waals surface area contributed by atoms with E-state index in [9.17, 15) is 13.6 Å². The van der Waals surface area contributed by atoms with Crippen LogP contribution in [0.3, 0.4) is 0 Å². The molecule has 1 fully saturated rings. The maximum Gasteiger partial charge on any atom is 0.341 e. The van der Waals surface area contributed by atoms with Crippen molar-refractivity contribution in [3.05, 3.63) is 17.5 Å². The van der Waals surface area contributed by atoms with Crippen molar-refractivity contribution in [2.75, 3.05) is 6.61 Å². The van der Waals surface area contributed by atoms with Crippen LogP contribution in [0.1, 0.15) is 42.2 Å². The van der Waals surface area contributed by atoms with Gasteiger partial charge in [0.25, 0.3) is 6.43 Å². The number of nitrogens with zero attached hydrogens (tertiary/aromatic N) is 2. The zero-order valence-corrected chi connectivity index (χ0v) is 9.53. The molecule has 1 aliphatic rings. The Morgan fingerprint density at radius 3 is 2.88 bits per heavy atom. The highest BCUT2D eigenvalue weighted by Gasteiger charge is 2.27. The van der Waals surface area contributed by atoms with Crippen molar-refractivity contribution >= 4 is 5.97 Å². The van der Waals surface area contributed by atoms with Crippen molar-refractivity contribution < 1.29 is 18.3 Å². The lowest BCUT2D eigenvalue weighted by atomic mass is 10.2. The van der Waals surface area contributed by atoms with Crippen molar-refractivity contribution in [1.82, 2.24) is 9.78 Å². The first-order valence-electron chi connectivity index (χ1n) is 5.64. The van der Waals surface area contributed by atoms with Gasteiger partial charge in [-0.1, -0.05) is 0 Å². The largest absolute Gasteiger partial charge is 0.462 e. The Morgan fingerprint density at radius 2 is 2.35 bits per heavy atom. The molecule has 2 rings (SSSR count). The lowest BCUT2D eigenvalue weighted by molar-refractivity contribution is 0.0515. The Hall–Kier alpha value is -1.46. The van der Waals surface area contributed by atoms with Crippen molar-refractivity contribution in [2.24, 2.45) is 5.92 Å². The number of hydrogen-bond donors (Lipinski definition) is 0. The summed E-state index contributed by atoms with van der Waals surface area (Å²) in [5, 5.41) is 3.76. The predicted octanol–water partition coefficient (Wildman–Crippen LogP) is 2.41. The molecule has 1 aliphatic carbocycles. The van der Waals surface area contributed by atoms with Gasteiger partial charge in [-0.3, -0.25) is 4.68 Å². The quantitative estimate of drug-likeness (QED) is 0.747. The summed E-state index contributed by atoms with van der Waals surface area (Å²) in [5.41, 5.74) is -0.605. The minimum Gasteiger partial charge on any atom is -0.462 e. The van der Waals surface area contributed by atoms with E-state index in [1.54, 1.807) is 6.92 Å². The van der Waals surface area contributed by atoms with E-state index in [0.29, 0.717) is 12.5 Å². The van der Waals surface area contributed by atoms with E-state index in [1.807, 2.05) is 0 Å². The minimum atomic E-state index is -2.75. The van der Waals surface area contributed by atoms with Crippen LogP contribution in [0, 0.1) is 5.92 Å². The summed E-state index contributed by atoms with van der Waals surface area (Å²) < 4.78 is 31.6. The van der Waals surface area contributed by atoms with Crippen LogP contribution >= 0.6 is 0 Å². The Labute approximate surface area is 97.6 Å². The molecule has 0 spiro atoms. The van der Waals surface area contributed by atoms with Gasteiger partial charge in [0.2, 0.25) is 0 Å². The zero-order valence-electron chi connectivity index (χ0n) is 9.53. The summed E-state index contributed by atoms with van der Waals surface area (Å²) in [6.45, 7) is 2.39. The smallest absolute Gasteiger partial charge is 0.341 e. The third-order valence-electron chi connectivity index (χ3n) is 2.63. The second-order valence-electron chi connectivity index (χ2n) is 4.11. The highest BCUT2D eigenvalue weighted by molar-refractivity contribution is 5.90. The van der Waals surface area contributed by atoms with Crippen LogP contribution in [0.2, 0.25) is 0 Å². The number of halogens is 2. The standard InChI is InChI=1S/C11H14F2N2O2/c1-2-17-11(16)8-6-15(5-7-3-4-7)14-9(8)10(12)13/h6-7,10H,2-5H2,1H3. The molecule has 94 valence electrons. The second-order valence-corrected chi connectivity index (χ2v) is 4.11. The molecule has 0 aliphatic heterocycles. The monoisotopic (exact) mass is 244 g/mol. The van der Waals surface area contributed by atoms with Gasteiger partial charge >= 0.3 is 5.97 Å². The summed E-state index contributed by atoms with van der Waals surface area (Å²) in [6, 6.07) is 0. The van der Waals surface area contributed by atoms with Crippen molar-refractivity contribution in [3.8, 4) is 0 Å². The second kappa shape index (κ2) is 4.81. The lowest BCUT2D eigenvalue weighted by Gasteiger charge is -2.00. The van der Waals surface area contributed by atoms with Gasteiger partial charge in [0, 0.05) is 12.7 Å². The Kier molecular flexibility index (Phi) is 3.40. The third-order valence-corrected chi connectivity index (χ3v) is 2.63. The third kappa shape index (κ3) is 2.81. The molecule has 0 atom stereocenters. The van der Waals surface area contributed by atoms with Crippen LogP contribution in [-0.4, -0.2) is 22.4 Å². The van der Waals surface area contributed by atoms with Crippen LogP contribution in [0.5, 0.6) is 0 Å². The van der Waals surface area contributed by atoms with E-state index >= 15 is 0 Å². The molecule has 0 saturated heterocycles. The Balaban J connectivity index is 2.20. The van der Waals surface area contributed by atoms with Gasteiger partial charge in [0.05, 0.1) is 6.61 Å². The van der Waals surface area contributed by atoms with Crippen LogP contribution < -0.4 is 0 Å². The van der Waals surface area contributed by atoms with Crippen molar-refractivity contribution in [1.29, 1.82) is 0 Å². The molecule has 1 aromatic rings. The molecule has 0 amide bonds. The van der Waals surface area contributed by atoms with Crippen molar-refractivity contribution in [3.63, 3.8) is 0 Å². The first-order chi connectivity index (χ1) is 8.11. The lowest BCUT2D eigenvalue weighted by Crippen LogP contribution is -2.06. The van der Waals surface area contributed by atoms with E-state index in [1.165, 1.54) is 10.9 Å². The molecule has 0 bridgehead atoms. The van der Waals surface area contributed by atoms with Gasteiger partial charge in [-0.05, 0) is 25.7 Å². The maximum absolute atomic E-state index is 12.7. The number of carbonyl (C=O) groups is 1. The van der Waals surface area contributed by atoms with Crippen molar-refractivity contribution in [2.45, 2.75) is 32.7 Å². The number of carbonyl (C=O) groups excluding carboxylic acids is 1. The fourth-order valence-corrected chi connectivity index (χ4v) is 1.62. The molecule has 0 aromatic carbocycles. The highest BCUT2D eigenvalue weighted by Crippen LogP contribution is 2.31. The normalized spacial score (nSPS) is 15.3. The number of hydrogen-bond acceptors (Lipinski definition) is 3. The molecular weight excluding hydrogens is 230 g/mol. The fraction of sp³-hybridized carbons (Fsp3) is 0.636. The number of esters is 1. The highest BCUT2D eigenvalue weighted by atomic mass is 19.3. The van der Waals surface area contributed by atoms with Gasteiger partial charge in [0.1, 0.15) is 11.3 Å². The van der Waals surface area contributed by atoms with Gasteiger partial charge in [-0.2, -0.15) is 5.10 Å². The molecular formula is C11H14F2N2O2. The topological polar surface area (TPSA) is 44.1 Å². The molecule has 0 radical (unpaired) electrons. The summed E-state index contributed by atoms with van der Waals surface area (Å²) >= 11 is 0. The molecule has 0 unspecified atom stereocenters. The summed E-state index contributed by atoms with van der Waals surface area (Å²) in [5.74, 6) is -0.222. The zero-order chi connectivity index (χ0) is 12.4. The van der Waals surface area contributed by atoms with Crippen LogP contribution in [0.4, 0.5) is 8.78 Å². The average molecular weight is 244 g/mol. The number of aromatic nitrogens is 2. The van der Waals surface area contributed by atoms with E-state index in [2.05, 4.69) is 5.10 Å². The van der Waals surface area contributed by atoms with Gasteiger partial charge in [0.15, 0.2) is 0 Å². The number of rotatable bonds is 5. The molecule has 6 heteroatoms. The van der Waals surface area contributed by atoms with Crippen LogP contribution in [-0.2, 0) is 11.3 Å². The molecule has 17 heavy (non-hydrogen) atoms. The molecule has 1 aromatic heterocycles. The molecule has 0 N–H and O–H groups in total. The average Bonchev–Trinajstić information content (AvgIpc) is 2.95. The number of ether oxygens (including phenoxy) is 1. The van der Waals surface area contributed by atoms with Crippen LogP contribution in [0.15, 0.2) is 6.20 Å². The maximum atomic E-state index is 12.7. The SMILES string of the molecule is CCOC(=O)c1cn(CC2CC2)nc1C(F)F. The summed E-state index contributed by atoms with van der Waals surface area (Å²) in [6.07, 6.45) is 0.796. The van der Waals surface area contributed by atoms with E-state index < -0.39 is 18.1 Å². The molecule has 1 saturated carbocycles. The fourth-order valence-electron chi connectivity index (χ4n) is 1.62. The Morgan fingerprint density at radius 1 is 1.65 bits per heavy atom. The first kappa shape index (κ1) is 12.0. The predicted molar refractivity (Wildman–Crippen MR) is 55.9 cm³/mol. The first-order valence-corrected chi connectivity index (χ1v) is 5.64. The summed E-state index contributed by atoms with van der Waals surface area (Å²) in [4.78, 5) is 11.5. The van der Waals surface area contributed by atoms with E-state index in [-0.39, 0.29) is 12.2 Å². The summed E-state index contributed by atoms with van der Waals surface area (Å²) in [7, 11) is 0. The van der Waals surface area contributed by atoms with Gasteiger partial charge in [-0.15, -0.1) is 0 Å². The van der Waals surface area contributed by atoms with Gasteiger partial charge < -0.3 is 4.74 Å². The van der Waals surface area contributed by atoms with Gasteiger partial charge in [-0.25, -0.2) is 13.6 Å². The number of alkyl halides is 2. The Bertz CT molecular complexity index is 414. The van der Waals surface area contributed by atoms with E-state index in [4.69, 9.17) is 4.74 Å². The molecule has 1 heterocycles. The van der Waals surface area contributed by atoms with Crippen LogP contribution in [0.25, 0.3) is 0 Å². The molecule has 4 nitrogen and oxygen atoms in total.